The van der Waals surface area contributed by atoms with Crippen LogP contribution in [-0.4, -0.2) is 62.2 Å². The Hall–Kier alpha value is -0.120. The fourth-order valence-corrected chi connectivity index (χ4v) is 3.48. The Labute approximate surface area is 113 Å². The fraction of sp³-hybridized carbons (Fsp3) is 1.00. The zero-order valence-electron chi connectivity index (χ0n) is 12.5. The number of nitrogens with zero attached hydrogens (tertiary/aromatic N) is 2. The molecular weight excluding hydrogens is 222 g/mol. The molecule has 106 valence electrons. The van der Waals surface area contributed by atoms with Gasteiger partial charge in [-0.1, -0.05) is 6.42 Å². The first-order chi connectivity index (χ1) is 8.65. The Morgan fingerprint density at radius 2 is 2.17 bits per heavy atom. The Bertz CT molecular complexity index is 227. The van der Waals surface area contributed by atoms with Crippen LogP contribution in [0.3, 0.4) is 0 Å². The normalized spacial score (nSPS) is 32.0. The van der Waals surface area contributed by atoms with Gasteiger partial charge in [0, 0.05) is 25.2 Å². The Morgan fingerprint density at radius 3 is 2.78 bits per heavy atom. The highest BCUT2D eigenvalue weighted by molar-refractivity contribution is 4.80. The predicted molar refractivity (Wildman–Crippen MR) is 78.0 cm³/mol. The Morgan fingerprint density at radius 1 is 1.33 bits per heavy atom. The molecule has 18 heavy (non-hydrogen) atoms. The molecule has 2 fully saturated rings. The van der Waals surface area contributed by atoms with Crippen molar-refractivity contribution in [1.82, 2.24) is 15.1 Å². The molecule has 2 aliphatic rings. The number of piperidine rings is 1. The van der Waals surface area contributed by atoms with Crippen LogP contribution in [0.5, 0.6) is 0 Å². The zero-order chi connectivity index (χ0) is 13.0. The van der Waals surface area contributed by atoms with E-state index >= 15 is 0 Å². The largest absolute Gasteiger partial charge is 0.314 e. The van der Waals surface area contributed by atoms with Gasteiger partial charge in [0.1, 0.15) is 0 Å². The highest BCUT2D eigenvalue weighted by Crippen LogP contribution is 2.19. The Balaban J connectivity index is 1.68. The second-order valence-electron chi connectivity index (χ2n) is 6.59. The van der Waals surface area contributed by atoms with Crippen LogP contribution >= 0.6 is 0 Å². The van der Waals surface area contributed by atoms with Crippen LogP contribution in [0.15, 0.2) is 0 Å². The third-order valence-corrected chi connectivity index (χ3v) is 4.83. The van der Waals surface area contributed by atoms with Crippen LogP contribution < -0.4 is 5.32 Å². The Kier molecular flexibility index (Phi) is 5.46. The molecule has 2 rings (SSSR count). The van der Waals surface area contributed by atoms with E-state index in [0.29, 0.717) is 6.04 Å². The minimum absolute atomic E-state index is 0.714. The highest BCUT2D eigenvalue weighted by atomic mass is 15.2. The highest BCUT2D eigenvalue weighted by Gasteiger charge is 2.24. The van der Waals surface area contributed by atoms with Crippen molar-refractivity contribution in [1.29, 1.82) is 0 Å². The van der Waals surface area contributed by atoms with Crippen molar-refractivity contribution >= 4 is 0 Å². The van der Waals surface area contributed by atoms with Crippen LogP contribution in [0, 0.1) is 5.92 Å². The van der Waals surface area contributed by atoms with E-state index in [2.05, 4.69) is 36.1 Å². The molecule has 0 radical (unpaired) electrons. The number of likely N-dealkylation sites (tertiary alicyclic amines) is 1. The summed E-state index contributed by atoms with van der Waals surface area (Å²) >= 11 is 0. The monoisotopic (exact) mass is 253 g/mol. The fourth-order valence-electron chi connectivity index (χ4n) is 3.48. The summed E-state index contributed by atoms with van der Waals surface area (Å²) in [6.07, 6.45) is 6.87. The first kappa shape index (κ1) is 14.3. The molecule has 2 heterocycles. The van der Waals surface area contributed by atoms with E-state index in [4.69, 9.17) is 0 Å². The smallest absolute Gasteiger partial charge is 0.00818 e. The van der Waals surface area contributed by atoms with Gasteiger partial charge in [-0.25, -0.2) is 0 Å². The maximum atomic E-state index is 3.67. The molecule has 1 N–H and O–H groups in total. The van der Waals surface area contributed by atoms with E-state index in [1.54, 1.807) is 0 Å². The van der Waals surface area contributed by atoms with Crippen LogP contribution in [0.4, 0.5) is 0 Å². The quantitative estimate of drug-likeness (QED) is 0.806. The summed E-state index contributed by atoms with van der Waals surface area (Å²) < 4.78 is 0. The van der Waals surface area contributed by atoms with E-state index in [-0.39, 0.29) is 0 Å². The van der Waals surface area contributed by atoms with Crippen LogP contribution in [0.25, 0.3) is 0 Å². The van der Waals surface area contributed by atoms with Gasteiger partial charge in [0.15, 0.2) is 0 Å². The van der Waals surface area contributed by atoms with Gasteiger partial charge in [0.2, 0.25) is 0 Å². The standard InChI is InChI=1S/C15H31N3/c1-13(10-15-6-4-5-8-16-15)18(3)12-14-7-9-17(2)11-14/h13-16H,4-12H2,1-3H3. The summed E-state index contributed by atoms with van der Waals surface area (Å²) in [6.45, 7) is 7.48. The van der Waals surface area contributed by atoms with E-state index < -0.39 is 0 Å². The molecule has 0 aromatic heterocycles. The lowest BCUT2D eigenvalue weighted by Crippen LogP contribution is -2.42. The van der Waals surface area contributed by atoms with Gasteiger partial charge in [0.05, 0.1) is 0 Å². The van der Waals surface area contributed by atoms with E-state index in [9.17, 15) is 0 Å². The first-order valence-electron chi connectivity index (χ1n) is 7.77. The lowest BCUT2D eigenvalue weighted by atomic mass is 9.97. The summed E-state index contributed by atoms with van der Waals surface area (Å²) in [6, 6.07) is 1.48. The molecule has 0 aromatic rings. The minimum atomic E-state index is 0.714. The molecule has 0 amide bonds. The van der Waals surface area contributed by atoms with Crippen LogP contribution in [-0.2, 0) is 0 Å². The van der Waals surface area contributed by atoms with Crippen molar-refractivity contribution in [3.05, 3.63) is 0 Å². The van der Waals surface area contributed by atoms with Gasteiger partial charge in [0.25, 0.3) is 0 Å². The molecule has 3 nitrogen and oxygen atoms in total. The van der Waals surface area contributed by atoms with Gasteiger partial charge < -0.3 is 15.1 Å². The number of nitrogens with one attached hydrogen (secondary N) is 1. The predicted octanol–water partition coefficient (Wildman–Crippen LogP) is 1.79. The van der Waals surface area contributed by atoms with E-state index in [1.807, 2.05) is 0 Å². The van der Waals surface area contributed by atoms with Gasteiger partial charge >= 0.3 is 0 Å². The van der Waals surface area contributed by atoms with Gasteiger partial charge in [-0.15, -0.1) is 0 Å². The molecule has 3 atom stereocenters. The first-order valence-corrected chi connectivity index (χ1v) is 7.77. The molecule has 0 aliphatic carbocycles. The lowest BCUT2D eigenvalue weighted by Gasteiger charge is -2.32. The molecule has 2 aliphatic heterocycles. The van der Waals surface area contributed by atoms with Gasteiger partial charge in [-0.2, -0.15) is 0 Å². The second-order valence-corrected chi connectivity index (χ2v) is 6.59. The molecule has 3 unspecified atom stereocenters. The average Bonchev–Trinajstić information content (AvgIpc) is 2.76. The minimum Gasteiger partial charge on any atom is -0.314 e. The maximum absolute atomic E-state index is 3.67. The number of hydrogen-bond acceptors (Lipinski definition) is 3. The average molecular weight is 253 g/mol. The third-order valence-electron chi connectivity index (χ3n) is 4.83. The molecule has 0 saturated carbocycles. The van der Waals surface area contributed by atoms with Crippen molar-refractivity contribution in [3.8, 4) is 0 Å². The topological polar surface area (TPSA) is 18.5 Å². The lowest BCUT2D eigenvalue weighted by molar-refractivity contribution is 0.189. The van der Waals surface area contributed by atoms with Crippen LogP contribution in [0.1, 0.15) is 39.0 Å². The number of rotatable bonds is 5. The maximum Gasteiger partial charge on any atom is 0.00818 e. The van der Waals surface area contributed by atoms with Crippen molar-refractivity contribution in [3.63, 3.8) is 0 Å². The van der Waals surface area contributed by atoms with Crippen molar-refractivity contribution < 1.29 is 0 Å². The molecular formula is C15H31N3. The van der Waals surface area contributed by atoms with E-state index in [1.165, 1.54) is 58.3 Å². The molecule has 2 saturated heterocycles. The summed E-state index contributed by atoms with van der Waals surface area (Å²) in [4.78, 5) is 5.05. The van der Waals surface area contributed by atoms with Crippen LogP contribution in [0.2, 0.25) is 0 Å². The summed E-state index contributed by atoms with van der Waals surface area (Å²) in [7, 11) is 4.56. The van der Waals surface area contributed by atoms with Gasteiger partial charge in [-0.05, 0) is 65.7 Å². The third kappa shape index (κ3) is 4.22. The van der Waals surface area contributed by atoms with Crippen molar-refractivity contribution in [2.45, 2.75) is 51.1 Å². The molecule has 0 aromatic carbocycles. The summed E-state index contributed by atoms with van der Waals surface area (Å²) in [5, 5.41) is 3.67. The molecule has 0 bridgehead atoms. The zero-order valence-corrected chi connectivity index (χ0v) is 12.5. The second kappa shape index (κ2) is 6.88. The van der Waals surface area contributed by atoms with E-state index in [0.717, 1.165) is 12.0 Å². The molecule has 0 spiro atoms. The SMILES string of the molecule is CC(CC1CCCCN1)N(C)CC1CCN(C)C1. The van der Waals surface area contributed by atoms with Crippen molar-refractivity contribution in [2.24, 2.45) is 5.92 Å². The summed E-state index contributed by atoms with van der Waals surface area (Å²) in [5.41, 5.74) is 0. The summed E-state index contributed by atoms with van der Waals surface area (Å²) in [5.74, 6) is 0.891. The number of hydrogen-bond donors (Lipinski definition) is 1. The molecule has 3 heteroatoms. The van der Waals surface area contributed by atoms with Crippen molar-refractivity contribution in [2.75, 3.05) is 40.3 Å². The van der Waals surface area contributed by atoms with Gasteiger partial charge in [-0.3, -0.25) is 0 Å².